The predicted octanol–water partition coefficient (Wildman–Crippen LogP) is 2.25. The number of hydrogen-bond acceptors (Lipinski definition) is 4. The first-order valence-corrected chi connectivity index (χ1v) is 6.62. The second kappa shape index (κ2) is 6.75. The second-order valence-corrected chi connectivity index (χ2v) is 4.86. The number of benzene rings is 1. The number of hydrogen-bond donors (Lipinski definition) is 1. The quantitative estimate of drug-likeness (QED) is 0.794. The average molecular weight is 381 g/mol. The number of carbonyl (C=O) groups is 2. The molecule has 0 aliphatic rings. The van der Waals surface area contributed by atoms with E-state index in [9.17, 15) is 9.59 Å². The SMILES string of the molecule is CCOC(=O)c1ccc(Br)c(OCC(N)=O)c1Br. The van der Waals surface area contributed by atoms with Gasteiger partial charge in [-0.2, -0.15) is 0 Å². The zero-order chi connectivity index (χ0) is 13.7. The van der Waals surface area contributed by atoms with Gasteiger partial charge in [-0.1, -0.05) is 0 Å². The van der Waals surface area contributed by atoms with Gasteiger partial charge in [-0.3, -0.25) is 4.79 Å². The first-order chi connectivity index (χ1) is 8.47. The summed E-state index contributed by atoms with van der Waals surface area (Å²) in [6, 6.07) is 3.22. The van der Waals surface area contributed by atoms with E-state index < -0.39 is 11.9 Å². The van der Waals surface area contributed by atoms with Crippen LogP contribution in [0.4, 0.5) is 0 Å². The Morgan fingerprint density at radius 3 is 2.56 bits per heavy atom. The maximum absolute atomic E-state index is 11.7. The number of esters is 1. The van der Waals surface area contributed by atoms with Crippen molar-refractivity contribution in [3.63, 3.8) is 0 Å². The van der Waals surface area contributed by atoms with Crippen molar-refractivity contribution in [2.45, 2.75) is 6.92 Å². The van der Waals surface area contributed by atoms with Crippen LogP contribution in [-0.4, -0.2) is 25.1 Å². The van der Waals surface area contributed by atoms with Crippen LogP contribution in [0, 0.1) is 0 Å². The largest absolute Gasteiger partial charge is 0.481 e. The standard InChI is InChI=1S/C11H11Br2NO4/c1-2-17-11(16)6-3-4-7(12)10(9(6)13)18-5-8(14)15/h3-4H,2,5H2,1H3,(H2,14,15). The summed E-state index contributed by atoms with van der Waals surface area (Å²) in [5.74, 6) is -0.740. The van der Waals surface area contributed by atoms with Gasteiger partial charge >= 0.3 is 5.97 Å². The van der Waals surface area contributed by atoms with Gasteiger partial charge in [0.15, 0.2) is 6.61 Å². The van der Waals surface area contributed by atoms with Crippen molar-refractivity contribution in [2.24, 2.45) is 5.73 Å². The molecule has 1 aromatic rings. The third-order valence-corrected chi connectivity index (χ3v) is 3.31. The molecule has 1 amide bonds. The van der Waals surface area contributed by atoms with Crippen molar-refractivity contribution < 1.29 is 19.1 Å². The summed E-state index contributed by atoms with van der Waals surface area (Å²) in [5, 5.41) is 0. The minimum atomic E-state index is -0.602. The lowest BCUT2D eigenvalue weighted by molar-refractivity contribution is -0.119. The Balaban J connectivity index is 3.06. The summed E-state index contributed by atoms with van der Waals surface area (Å²) < 4.78 is 11.1. The van der Waals surface area contributed by atoms with E-state index >= 15 is 0 Å². The molecule has 0 spiro atoms. The molecule has 7 heteroatoms. The number of halogens is 2. The first kappa shape index (κ1) is 15.0. The monoisotopic (exact) mass is 379 g/mol. The highest BCUT2D eigenvalue weighted by molar-refractivity contribution is 9.11. The lowest BCUT2D eigenvalue weighted by Gasteiger charge is -2.11. The Morgan fingerprint density at radius 1 is 1.33 bits per heavy atom. The van der Waals surface area contributed by atoms with Crippen LogP contribution in [0.5, 0.6) is 5.75 Å². The Bertz CT molecular complexity index is 476. The zero-order valence-electron chi connectivity index (χ0n) is 9.54. The summed E-state index contributed by atoms with van der Waals surface area (Å²) >= 11 is 6.51. The normalized spacial score (nSPS) is 9.94. The highest BCUT2D eigenvalue weighted by atomic mass is 79.9. The Morgan fingerprint density at radius 2 is 2.00 bits per heavy atom. The van der Waals surface area contributed by atoms with E-state index in [-0.39, 0.29) is 13.2 Å². The van der Waals surface area contributed by atoms with Crippen LogP contribution in [0.2, 0.25) is 0 Å². The van der Waals surface area contributed by atoms with Crippen LogP contribution in [0.1, 0.15) is 17.3 Å². The fourth-order valence-electron chi connectivity index (χ4n) is 1.17. The smallest absolute Gasteiger partial charge is 0.339 e. The van der Waals surface area contributed by atoms with Gasteiger partial charge in [0.05, 0.1) is 21.1 Å². The van der Waals surface area contributed by atoms with Gasteiger partial charge in [-0.05, 0) is 50.9 Å². The van der Waals surface area contributed by atoms with Gasteiger partial charge in [-0.15, -0.1) is 0 Å². The average Bonchev–Trinajstić information content (AvgIpc) is 2.28. The molecule has 0 saturated heterocycles. The summed E-state index contributed by atoms with van der Waals surface area (Å²) in [7, 11) is 0. The number of nitrogens with two attached hydrogens (primary N) is 1. The summed E-state index contributed by atoms with van der Waals surface area (Å²) in [6.07, 6.45) is 0. The highest BCUT2D eigenvalue weighted by Gasteiger charge is 2.18. The van der Waals surface area contributed by atoms with Crippen LogP contribution in [-0.2, 0) is 9.53 Å². The predicted molar refractivity (Wildman–Crippen MR) is 72.5 cm³/mol. The molecule has 2 N–H and O–H groups in total. The van der Waals surface area contributed by atoms with Crippen molar-refractivity contribution in [2.75, 3.05) is 13.2 Å². The number of rotatable bonds is 5. The van der Waals surface area contributed by atoms with Crippen LogP contribution in [0.25, 0.3) is 0 Å². The van der Waals surface area contributed by atoms with Crippen LogP contribution in [0.15, 0.2) is 21.1 Å². The van der Waals surface area contributed by atoms with E-state index in [1.807, 2.05) is 0 Å². The summed E-state index contributed by atoms with van der Waals surface area (Å²) in [5.41, 5.74) is 5.32. The van der Waals surface area contributed by atoms with E-state index in [4.69, 9.17) is 15.2 Å². The minimum Gasteiger partial charge on any atom is -0.481 e. The molecule has 0 aliphatic carbocycles. The highest BCUT2D eigenvalue weighted by Crippen LogP contribution is 2.36. The van der Waals surface area contributed by atoms with Gasteiger partial charge in [0, 0.05) is 0 Å². The van der Waals surface area contributed by atoms with Crippen molar-refractivity contribution >= 4 is 43.7 Å². The Labute approximate surface area is 121 Å². The van der Waals surface area contributed by atoms with E-state index in [0.29, 0.717) is 20.3 Å². The van der Waals surface area contributed by atoms with Crippen LogP contribution >= 0.6 is 31.9 Å². The molecule has 0 bridgehead atoms. The van der Waals surface area contributed by atoms with Gasteiger partial charge in [0.2, 0.25) is 0 Å². The van der Waals surface area contributed by atoms with E-state index in [1.165, 1.54) is 0 Å². The molecule has 1 rings (SSSR count). The lowest BCUT2D eigenvalue weighted by atomic mass is 10.2. The second-order valence-electron chi connectivity index (χ2n) is 3.21. The van der Waals surface area contributed by atoms with Crippen LogP contribution < -0.4 is 10.5 Å². The van der Waals surface area contributed by atoms with Gasteiger partial charge in [0.1, 0.15) is 5.75 Å². The third-order valence-electron chi connectivity index (χ3n) is 1.90. The minimum absolute atomic E-state index is 0.274. The first-order valence-electron chi connectivity index (χ1n) is 5.03. The van der Waals surface area contributed by atoms with Gasteiger partial charge in [-0.25, -0.2) is 4.79 Å². The number of carbonyl (C=O) groups excluding carboxylic acids is 2. The molecule has 0 aliphatic heterocycles. The maximum Gasteiger partial charge on any atom is 0.339 e. The summed E-state index contributed by atoms with van der Waals surface area (Å²) in [4.78, 5) is 22.3. The van der Waals surface area contributed by atoms with Gasteiger partial charge < -0.3 is 15.2 Å². The topological polar surface area (TPSA) is 78.6 Å². The number of ether oxygens (including phenoxy) is 2. The number of primary amides is 1. The molecule has 18 heavy (non-hydrogen) atoms. The van der Waals surface area contributed by atoms with Crippen LogP contribution in [0.3, 0.4) is 0 Å². The molecular weight excluding hydrogens is 370 g/mol. The molecule has 0 fully saturated rings. The molecular formula is C11H11Br2NO4. The summed E-state index contributed by atoms with van der Waals surface area (Å²) in [6.45, 7) is 1.72. The van der Waals surface area contributed by atoms with Crippen molar-refractivity contribution in [1.82, 2.24) is 0 Å². The maximum atomic E-state index is 11.7. The Kier molecular flexibility index (Phi) is 5.61. The molecule has 0 heterocycles. The molecule has 0 radical (unpaired) electrons. The third kappa shape index (κ3) is 3.71. The van der Waals surface area contributed by atoms with Crippen molar-refractivity contribution in [3.05, 3.63) is 26.6 Å². The fraction of sp³-hybridized carbons (Fsp3) is 0.273. The van der Waals surface area contributed by atoms with Crippen molar-refractivity contribution in [1.29, 1.82) is 0 Å². The number of amides is 1. The molecule has 0 atom stereocenters. The van der Waals surface area contributed by atoms with E-state index in [0.717, 1.165) is 0 Å². The van der Waals surface area contributed by atoms with E-state index in [1.54, 1.807) is 19.1 Å². The lowest BCUT2D eigenvalue weighted by Crippen LogP contribution is -2.20. The Hall–Kier alpha value is -1.08. The fourth-order valence-corrected chi connectivity index (χ4v) is 2.51. The zero-order valence-corrected chi connectivity index (χ0v) is 12.7. The van der Waals surface area contributed by atoms with Crippen molar-refractivity contribution in [3.8, 4) is 5.75 Å². The van der Waals surface area contributed by atoms with Gasteiger partial charge in [0.25, 0.3) is 5.91 Å². The molecule has 0 aromatic heterocycles. The van der Waals surface area contributed by atoms with E-state index in [2.05, 4.69) is 31.9 Å². The molecule has 0 saturated carbocycles. The molecule has 1 aromatic carbocycles. The molecule has 0 unspecified atom stereocenters. The molecule has 98 valence electrons. The molecule has 5 nitrogen and oxygen atoms in total.